The highest BCUT2D eigenvalue weighted by Crippen LogP contribution is 2.41. The minimum absolute atomic E-state index is 0. The Hall–Kier alpha value is -2.91. The lowest BCUT2D eigenvalue weighted by Crippen LogP contribution is -2.53. The van der Waals surface area contributed by atoms with Crippen LogP contribution in [0.4, 0.5) is 0 Å². The predicted octanol–water partition coefficient (Wildman–Crippen LogP) is 8.03. The van der Waals surface area contributed by atoms with Crippen molar-refractivity contribution < 1.29 is 15.1 Å². The Bertz CT molecular complexity index is 1600. The van der Waals surface area contributed by atoms with Gasteiger partial charge in [0, 0.05) is 37.2 Å². The summed E-state index contributed by atoms with van der Waals surface area (Å²) in [6.07, 6.45) is 5.57. The summed E-state index contributed by atoms with van der Waals surface area (Å²) >= 11 is 14.3. The maximum atomic E-state index is 13.5. The van der Waals surface area contributed by atoms with Crippen molar-refractivity contribution in [3.05, 3.63) is 128 Å². The van der Waals surface area contributed by atoms with E-state index in [-0.39, 0.29) is 40.7 Å². The van der Waals surface area contributed by atoms with Gasteiger partial charge in [0.15, 0.2) is 0 Å². The Morgan fingerprint density at radius 3 is 2.17 bits per heavy atom. The average Bonchev–Trinajstić information content (AvgIpc) is 3.63. The SMILES string of the molecule is Cl.O.O=C(NC1(c2ccccc2)CCN(CCCC2(c3ccc(Cl)c(Cl)c3)CCCN(C(=O)c3ccccc3)C2)CC1)c1cccs1. The minimum atomic E-state index is -0.387. The van der Waals surface area contributed by atoms with Crippen molar-refractivity contribution in [1.82, 2.24) is 15.1 Å². The summed E-state index contributed by atoms with van der Waals surface area (Å²) in [6.45, 7) is 4.17. The number of rotatable bonds is 9. The van der Waals surface area contributed by atoms with Crippen LogP contribution in [0.3, 0.4) is 0 Å². The number of amides is 2. The quantitative estimate of drug-likeness (QED) is 0.191. The monoisotopic (exact) mass is 713 g/mol. The molecule has 3 aromatic carbocycles. The number of piperidine rings is 2. The molecule has 2 saturated heterocycles. The molecule has 6 rings (SSSR count). The Balaban J connectivity index is 0.00000250. The smallest absolute Gasteiger partial charge is 0.262 e. The minimum Gasteiger partial charge on any atom is -0.412 e. The number of carbonyl (C=O) groups excluding carboxylic acids is 2. The van der Waals surface area contributed by atoms with Crippen molar-refractivity contribution in [3.63, 3.8) is 0 Å². The van der Waals surface area contributed by atoms with E-state index in [0.717, 1.165) is 80.7 Å². The first-order valence-electron chi connectivity index (χ1n) is 15.8. The third kappa shape index (κ3) is 8.40. The fraction of sp³-hybridized carbons (Fsp3) is 0.351. The Morgan fingerprint density at radius 2 is 1.51 bits per heavy atom. The third-order valence-corrected chi connectivity index (χ3v) is 11.3. The van der Waals surface area contributed by atoms with E-state index in [4.69, 9.17) is 23.2 Å². The number of hydrogen-bond acceptors (Lipinski definition) is 4. The number of carbonyl (C=O) groups is 2. The van der Waals surface area contributed by atoms with Crippen molar-refractivity contribution in [1.29, 1.82) is 0 Å². The fourth-order valence-corrected chi connectivity index (χ4v) is 8.12. The Kier molecular flexibility index (Phi) is 12.9. The van der Waals surface area contributed by atoms with Crippen LogP contribution >= 0.6 is 46.9 Å². The lowest BCUT2D eigenvalue weighted by atomic mass is 9.70. The van der Waals surface area contributed by atoms with Gasteiger partial charge in [-0.25, -0.2) is 0 Å². The zero-order chi connectivity index (χ0) is 31.3. The highest BCUT2D eigenvalue weighted by Gasteiger charge is 2.40. The maximum absolute atomic E-state index is 13.5. The molecule has 2 aliphatic heterocycles. The van der Waals surface area contributed by atoms with Gasteiger partial charge in [-0.2, -0.15) is 0 Å². The Morgan fingerprint density at radius 1 is 0.809 bits per heavy atom. The van der Waals surface area contributed by atoms with Crippen molar-refractivity contribution in [2.45, 2.75) is 49.5 Å². The summed E-state index contributed by atoms with van der Waals surface area (Å²) in [5, 5.41) is 6.47. The van der Waals surface area contributed by atoms with E-state index in [9.17, 15) is 9.59 Å². The molecule has 4 aromatic rings. The van der Waals surface area contributed by atoms with Crippen molar-refractivity contribution in [3.8, 4) is 0 Å². The first-order chi connectivity index (χ1) is 21.9. The summed E-state index contributed by atoms with van der Waals surface area (Å²) in [5.74, 6) is 0.0791. The molecule has 0 radical (unpaired) electrons. The number of nitrogens with one attached hydrogen (secondary N) is 1. The van der Waals surface area contributed by atoms with Crippen LogP contribution in [0.25, 0.3) is 0 Å². The molecule has 250 valence electrons. The van der Waals surface area contributed by atoms with Gasteiger partial charge < -0.3 is 20.6 Å². The molecule has 0 saturated carbocycles. The standard InChI is InChI=1S/C37H39Cl2N3O2S.ClH.H2O/c38-31-16-15-30(26-32(31)39)36(18-9-22-42(27-36)35(44)28-10-3-1-4-11-28)17-8-21-41-23-19-37(20-24-41,29-12-5-2-6-13-29)40-34(43)33-14-7-25-45-33;;/h1-7,10-16,25-26H,8-9,17-24,27H2,(H,40,43);1H;1H2. The Labute approximate surface area is 297 Å². The first kappa shape index (κ1) is 36.9. The third-order valence-electron chi connectivity index (χ3n) is 9.68. The summed E-state index contributed by atoms with van der Waals surface area (Å²) in [7, 11) is 0. The normalized spacial score (nSPS) is 19.2. The lowest BCUT2D eigenvalue weighted by Gasteiger charge is -2.45. The molecule has 10 heteroatoms. The second kappa shape index (κ2) is 16.5. The maximum Gasteiger partial charge on any atom is 0.262 e. The second-order valence-corrected chi connectivity index (χ2v) is 14.2. The van der Waals surface area contributed by atoms with E-state index in [0.29, 0.717) is 16.6 Å². The van der Waals surface area contributed by atoms with Crippen LogP contribution in [0.1, 0.15) is 69.7 Å². The van der Waals surface area contributed by atoms with Gasteiger partial charge in [-0.15, -0.1) is 23.7 Å². The summed E-state index contributed by atoms with van der Waals surface area (Å²) < 4.78 is 0. The van der Waals surface area contributed by atoms with Gasteiger partial charge in [0.25, 0.3) is 11.8 Å². The van der Waals surface area contributed by atoms with Crippen LogP contribution in [0.15, 0.2) is 96.4 Å². The van der Waals surface area contributed by atoms with Gasteiger partial charge in [0.2, 0.25) is 0 Å². The average molecular weight is 715 g/mol. The molecule has 1 aromatic heterocycles. The highest BCUT2D eigenvalue weighted by molar-refractivity contribution is 7.12. The van der Waals surface area contributed by atoms with Crippen LogP contribution in [0, 0.1) is 0 Å². The zero-order valence-corrected chi connectivity index (χ0v) is 29.4. The van der Waals surface area contributed by atoms with E-state index in [2.05, 4.69) is 40.5 Å². The molecule has 3 N–H and O–H groups in total. The van der Waals surface area contributed by atoms with Crippen LogP contribution in [-0.4, -0.2) is 59.8 Å². The van der Waals surface area contributed by atoms with Gasteiger partial charge in [0.1, 0.15) is 0 Å². The van der Waals surface area contributed by atoms with E-state index in [1.165, 1.54) is 16.9 Å². The zero-order valence-electron chi connectivity index (χ0n) is 26.3. The molecule has 47 heavy (non-hydrogen) atoms. The van der Waals surface area contributed by atoms with E-state index in [1.54, 1.807) is 0 Å². The fourth-order valence-electron chi connectivity index (χ4n) is 7.21. The van der Waals surface area contributed by atoms with Gasteiger partial charge in [-0.1, -0.05) is 83.9 Å². The van der Waals surface area contributed by atoms with E-state index >= 15 is 0 Å². The van der Waals surface area contributed by atoms with Crippen molar-refractivity contribution in [2.75, 3.05) is 32.7 Å². The van der Waals surface area contributed by atoms with Crippen molar-refractivity contribution >= 4 is 58.8 Å². The highest BCUT2D eigenvalue weighted by atomic mass is 35.5. The van der Waals surface area contributed by atoms with Gasteiger partial charge in [-0.05, 0) is 91.9 Å². The second-order valence-electron chi connectivity index (χ2n) is 12.4. The number of nitrogens with zero attached hydrogens (tertiary/aromatic N) is 2. The number of hydrogen-bond donors (Lipinski definition) is 1. The number of likely N-dealkylation sites (tertiary alicyclic amines) is 2. The topological polar surface area (TPSA) is 84.2 Å². The van der Waals surface area contributed by atoms with Crippen molar-refractivity contribution in [2.24, 2.45) is 0 Å². The molecule has 2 aliphatic rings. The van der Waals surface area contributed by atoms with Crippen LogP contribution in [0.5, 0.6) is 0 Å². The molecular weight excluding hydrogens is 673 g/mol. The number of halogens is 3. The predicted molar refractivity (Wildman–Crippen MR) is 195 cm³/mol. The van der Waals surface area contributed by atoms with Crippen LogP contribution in [0.2, 0.25) is 10.0 Å². The molecule has 2 amide bonds. The summed E-state index contributed by atoms with van der Waals surface area (Å²) in [6, 6.07) is 29.8. The lowest BCUT2D eigenvalue weighted by molar-refractivity contribution is 0.0615. The van der Waals surface area contributed by atoms with E-state index in [1.807, 2.05) is 70.9 Å². The van der Waals surface area contributed by atoms with Gasteiger partial charge >= 0.3 is 0 Å². The molecule has 1 atom stereocenters. The largest absolute Gasteiger partial charge is 0.412 e. The van der Waals surface area contributed by atoms with Gasteiger partial charge in [0.05, 0.1) is 20.5 Å². The molecule has 0 bridgehead atoms. The molecule has 1 unspecified atom stereocenters. The van der Waals surface area contributed by atoms with Crippen LogP contribution in [-0.2, 0) is 11.0 Å². The van der Waals surface area contributed by atoms with E-state index < -0.39 is 0 Å². The molecule has 3 heterocycles. The molecule has 0 aliphatic carbocycles. The first-order valence-corrected chi connectivity index (χ1v) is 17.4. The molecular formula is C37H42Cl3N3O3S. The van der Waals surface area contributed by atoms with Gasteiger partial charge in [-0.3, -0.25) is 9.59 Å². The number of benzene rings is 3. The molecule has 6 nitrogen and oxygen atoms in total. The molecule has 0 spiro atoms. The molecule has 2 fully saturated rings. The summed E-state index contributed by atoms with van der Waals surface area (Å²) in [4.78, 5) is 32.0. The number of thiophene rings is 1. The summed E-state index contributed by atoms with van der Waals surface area (Å²) in [5.41, 5.74) is 2.46. The van der Waals surface area contributed by atoms with Crippen LogP contribution < -0.4 is 5.32 Å².